The number of anilines is 1. The first-order valence-electron chi connectivity index (χ1n) is 20.0. The van der Waals surface area contributed by atoms with Gasteiger partial charge in [-0.05, 0) is 52.3 Å². The number of imidazole rings is 1. The largest absolute Gasteiger partial charge is 0.475 e. The summed E-state index contributed by atoms with van der Waals surface area (Å²) in [5.74, 6) is 5.50. The lowest BCUT2D eigenvalue weighted by Crippen LogP contribution is -2.44. The first-order chi connectivity index (χ1) is 28.4. The van der Waals surface area contributed by atoms with Gasteiger partial charge in [0.1, 0.15) is 11.6 Å². The zero-order valence-electron chi connectivity index (χ0n) is 33.7. The number of carbonyl (C=O) groups excluding carboxylic acids is 3. The zero-order chi connectivity index (χ0) is 41.8. The Labute approximate surface area is 339 Å². The maximum Gasteiger partial charge on any atom is 0.329 e. The molecule has 59 heavy (non-hydrogen) atoms. The Morgan fingerprint density at radius 2 is 1.80 bits per heavy atom. The number of nitrogens with zero attached hydrogens (tertiary/aromatic N) is 9. The number of para-hydroxylation sites is 1. The molecule has 2 N–H and O–H groups in total. The van der Waals surface area contributed by atoms with Crippen molar-refractivity contribution >= 4 is 40.1 Å². The van der Waals surface area contributed by atoms with Crippen LogP contribution in [-0.2, 0) is 16.6 Å². The molecule has 312 valence electrons. The van der Waals surface area contributed by atoms with Crippen LogP contribution in [0.25, 0.3) is 16.7 Å². The van der Waals surface area contributed by atoms with Gasteiger partial charge in [-0.2, -0.15) is 15.2 Å². The van der Waals surface area contributed by atoms with Crippen molar-refractivity contribution in [1.29, 1.82) is 0 Å². The summed E-state index contributed by atoms with van der Waals surface area (Å²) in [5, 5.41) is 13.1. The van der Waals surface area contributed by atoms with E-state index in [1.807, 2.05) is 32.0 Å². The van der Waals surface area contributed by atoms with E-state index in [1.165, 1.54) is 21.5 Å². The number of likely N-dealkylation sites (N-methyl/N-ethyl adjacent to an activating group) is 1. The van der Waals surface area contributed by atoms with Crippen LogP contribution >= 0.6 is 0 Å². The van der Waals surface area contributed by atoms with Crippen molar-refractivity contribution in [1.82, 2.24) is 48.6 Å². The van der Waals surface area contributed by atoms with Crippen LogP contribution in [0.5, 0.6) is 5.88 Å². The molecule has 6 heterocycles. The molecule has 3 fully saturated rings. The fourth-order valence-corrected chi connectivity index (χ4v) is 7.73. The van der Waals surface area contributed by atoms with Gasteiger partial charge in [0.2, 0.25) is 17.7 Å². The van der Waals surface area contributed by atoms with Crippen LogP contribution in [0.4, 0.5) is 14.5 Å². The molecular formula is C41H49F2N11O5. The van der Waals surface area contributed by atoms with Gasteiger partial charge in [-0.25, -0.2) is 18.1 Å². The predicted molar refractivity (Wildman–Crippen MR) is 215 cm³/mol. The van der Waals surface area contributed by atoms with E-state index in [0.717, 1.165) is 63.8 Å². The second-order valence-corrected chi connectivity index (χ2v) is 15.4. The van der Waals surface area contributed by atoms with E-state index in [9.17, 15) is 28.0 Å². The van der Waals surface area contributed by atoms with E-state index < -0.39 is 30.0 Å². The van der Waals surface area contributed by atoms with Gasteiger partial charge in [-0.15, -0.1) is 0 Å². The van der Waals surface area contributed by atoms with Gasteiger partial charge in [0.05, 0.1) is 47.2 Å². The van der Waals surface area contributed by atoms with Gasteiger partial charge in [0, 0.05) is 58.1 Å². The lowest BCUT2D eigenvalue weighted by molar-refractivity contribution is -0.135. The number of amides is 3. The molecule has 1 aliphatic carbocycles. The van der Waals surface area contributed by atoms with Gasteiger partial charge in [0.25, 0.3) is 12.3 Å². The molecule has 1 aromatic carbocycles. The number of ether oxygens (including phenoxy) is 1. The van der Waals surface area contributed by atoms with Gasteiger partial charge in [0.15, 0.2) is 11.3 Å². The Balaban J connectivity index is 0.000000179. The summed E-state index contributed by atoms with van der Waals surface area (Å²) in [6, 6.07) is 6.61. The smallest absolute Gasteiger partial charge is 0.329 e. The van der Waals surface area contributed by atoms with Crippen LogP contribution in [0.2, 0.25) is 0 Å². The Bertz CT molecular complexity index is 2460. The SMILES string of the molecule is CC(C)Oc1ccn2ncc(C(=O)Nc3cn(C4CCCCC4)nc3C(F)F)c2n1.CN1CCN(CC#Cc2cccc3c2n(C)c(=O)n3C2CCC(=O)NC2=O)CC1. The van der Waals surface area contributed by atoms with E-state index in [-0.39, 0.29) is 47.1 Å². The Hall–Kier alpha value is -5.93. The van der Waals surface area contributed by atoms with Crippen molar-refractivity contribution < 1.29 is 27.9 Å². The summed E-state index contributed by atoms with van der Waals surface area (Å²) in [7, 11) is 3.82. The zero-order valence-corrected chi connectivity index (χ0v) is 33.7. The number of fused-ring (bicyclic) bond motifs is 2. The lowest BCUT2D eigenvalue weighted by atomic mass is 9.96. The Morgan fingerprint density at radius 3 is 2.51 bits per heavy atom. The van der Waals surface area contributed by atoms with Gasteiger partial charge >= 0.3 is 5.69 Å². The number of rotatable bonds is 8. The number of benzene rings is 1. The van der Waals surface area contributed by atoms with Crippen molar-refractivity contribution in [2.45, 2.75) is 83.4 Å². The van der Waals surface area contributed by atoms with Crippen molar-refractivity contribution in [3.8, 4) is 17.7 Å². The number of aromatic nitrogens is 7. The maximum absolute atomic E-state index is 13.6. The highest BCUT2D eigenvalue weighted by Gasteiger charge is 2.32. The topological polar surface area (TPSA) is 166 Å². The quantitative estimate of drug-likeness (QED) is 0.170. The maximum atomic E-state index is 13.6. The third-order valence-electron chi connectivity index (χ3n) is 10.9. The van der Waals surface area contributed by atoms with Crippen molar-refractivity contribution in [2.24, 2.45) is 7.05 Å². The Morgan fingerprint density at radius 1 is 1.03 bits per heavy atom. The van der Waals surface area contributed by atoms with E-state index >= 15 is 0 Å². The molecule has 18 heteroatoms. The molecule has 0 radical (unpaired) electrons. The van der Waals surface area contributed by atoms with E-state index in [2.05, 4.69) is 54.5 Å². The number of halogens is 2. The number of hydrogen-bond donors (Lipinski definition) is 2. The molecule has 1 unspecified atom stereocenters. The number of carbonyl (C=O) groups is 3. The number of piperidine rings is 1. The van der Waals surface area contributed by atoms with Crippen molar-refractivity contribution in [3.05, 3.63) is 70.2 Å². The van der Waals surface area contributed by atoms with Gasteiger partial charge in [-0.3, -0.25) is 38.4 Å². The number of aryl methyl sites for hydroxylation is 1. The Kier molecular flexibility index (Phi) is 12.5. The van der Waals surface area contributed by atoms with Crippen LogP contribution in [-0.4, -0.2) is 107 Å². The van der Waals surface area contributed by atoms with Crippen LogP contribution in [0, 0.1) is 11.8 Å². The molecule has 2 aliphatic heterocycles. The van der Waals surface area contributed by atoms with Crippen LogP contribution < -0.4 is 21.1 Å². The molecule has 8 rings (SSSR count). The monoisotopic (exact) mass is 813 g/mol. The van der Waals surface area contributed by atoms with Crippen LogP contribution in [0.3, 0.4) is 0 Å². The fourth-order valence-electron chi connectivity index (χ4n) is 7.73. The third-order valence-corrected chi connectivity index (χ3v) is 10.9. The minimum atomic E-state index is -2.79. The highest BCUT2D eigenvalue weighted by molar-refractivity contribution is 6.08. The molecular weight excluding hydrogens is 765 g/mol. The van der Waals surface area contributed by atoms with E-state index in [4.69, 9.17) is 4.74 Å². The molecule has 4 aromatic heterocycles. The average molecular weight is 814 g/mol. The third kappa shape index (κ3) is 9.21. The number of alkyl halides is 2. The highest BCUT2D eigenvalue weighted by Crippen LogP contribution is 2.33. The number of piperazine rings is 1. The number of nitrogens with one attached hydrogen (secondary N) is 2. The van der Waals surface area contributed by atoms with Gasteiger partial charge in [-0.1, -0.05) is 37.2 Å². The summed E-state index contributed by atoms with van der Waals surface area (Å²) >= 11 is 0. The van der Waals surface area contributed by atoms with Crippen LogP contribution in [0.15, 0.2) is 47.7 Å². The summed E-state index contributed by atoms with van der Waals surface area (Å²) < 4.78 is 38.7. The molecule has 3 aliphatic rings. The molecule has 0 spiro atoms. The summed E-state index contributed by atoms with van der Waals surface area (Å²) in [4.78, 5) is 58.5. The second-order valence-electron chi connectivity index (χ2n) is 15.4. The standard InChI is InChI=1S/C21H25N5O3.C20H24F2N6O2/c1-23-11-13-25(14-12-23)10-4-6-15-5-3-7-16-19(15)24(2)21(29)26(16)17-8-9-18(27)22-20(17)28;1-12(2)30-16-8-9-27-19(25-16)14(10-23-27)20(29)24-15-11-28(26-17(15)18(21)22)13-6-4-3-5-7-13/h3,5,7,17H,8-14H2,1-2H3,(H,22,27,28);8-13,18H,3-7H2,1-2H3,(H,24,29). The molecule has 1 saturated carbocycles. The lowest BCUT2D eigenvalue weighted by Gasteiger charge is -2.30. The molecule has 0 bridgehead atoms. The van der Waals surface area contributed by atoms with E-state index in [1.54, 1.807) is 28.6 Å². The van der Waals surface area contributed by atoms with E-state index in [0.29, 0.717) is 29.9 Å². The molecule has 3 amide bonds. The van der Waals surface area contributed by atoms with Gasteiger partial charge < -0.3 is 15.0 Å². The summed E-state index contributed by atoms with van der Waals surface area (Å²) in [6.45, 7) is 8.50. The number of hydrogen-bond acceptors (Lipinski definition) is 10. The summed E-state index contributed by atoms with van der Waals surface area (Å²) in [6.07, 6.45) is 7.19. The minimum absolute atomic E-state index is 0.00880. The first kappa shape index (κ1) is 41.2. The van der Waals surface area contributed by atoms with Crippen molar-refractivity contribution in [2.75, 3.05) is 45.1 Å². The normalized spacial score (nSPS) is 18.1. The first-order valence-corrected chi connectivity index (χ1v) is 20.0. The van der Waals surface area contributed by atoms with Crippen LogP contribution in [0.1, 0.15) is 98.9 Å². The summed E-state index contributed by atoms with van der Waals surface area (Å²) in [5.41, 5.74) is 1.90. The molecule has 16 nitrogen and oxygen atoms in total. The average Bonchev–Trinajstić information content (AvgIpc) is 3.90. The minimum Gasteiger partial charge on any atom is -0.475 e. The second kappa shape index (κ2) is 17.9. The molecule has 2 saturated heterocycles. The molecule has 1 atom stereocenters. The predicted octanol–water partition coefficient (Wildman–Crippen LogP) is 4.32. The molecule has 5 aromatic rings. The fraction of sp³-hybridized carbons (Fsp3) is 0.488. The van der Waals surface area contributed by atoms with Crippen molar-refractivity contribution in [3.63, 3.8) is 0 Å². The number of imide groups is 1. The highest BCUT2D eigenvalue weighted by atomic mass is 19.3.